The number of likely N-dealkylation sites (tertiary alicyclic amines) is 1. The van der Waals surface area contributed by atoms with Crippen LogP contribution in [0.5, 0.6) is 0 Å². The van der Waals surface area contributed by atoms with Crippen molar-refractivity contribution in [2.24, 2.45) is 40.4 Å². The summed E-state index contributed by atoms with van der Waals surface area (Å²) in [5.41, 5.74) is -0.895. The van der Waals surface area contributed by atoms with Gasteiger partial charge in [-0.15, -0.1) is 0 Å². The van der Waals surface area contributed by atoms with Crippen molar-refractivity contribution >= 4 is 12.0 Å². The van der Waals surface area contributed by atoms with Crippen molar-refractivity contribution in [3.8, 4) is 0 Å². The summed E-state index contributed by atoms with van der Waals surface area (Å²) in [6, 6.07) is 9.68. The normalized spacial score (nSPS) is 49.4. The number of nitrogens with zero attached hydrogens (tertiary/aromatic N) is 1. The molecule has 1 spiro atoms. The Bertz CT molecular complexity index is 1190. The van der Waals surface area contributed by atoms with Crippen LogP contribution in [0.25, 0.3) is 6.08 Å². The number of fused-ring (bicyclic) bond motifs is 2. The molecular formula is C33H45NO7. The van der Waals surface area contributed by atoms with E-state index in [0.29, 0.717) is 13.0 Å². The van der Waals surface area contributed by atoms with Crippen molar-refractivity contribution in [1.82, 2.24) is 4.90 Å². The average molecular weight is 568 g/mol. The number of aliphatic hydroxyl groups is 2. The van der Waals surface area contributed by atoms with Crippen LogP contribution in [0.15, 0.2) is 36.4 Å². The third-order valence-electron chi connectivity index (χ3n) is 12.6. The summed E-state index contributed by atoms with van der Waals surface area (Å²) < 4.78 is 24.6. The first-order chi connectivity index (χ1) is 19.8. The van der Waals surface area contributed by atoms with Gasteiger partial charge in [-0.2, -0.15) is 0 Å². The Kier molecular flexibility index (Phi) is 6.73. The summed E-state index contributed by atoms with van der Waals surface area (Å²) in [4.78, 5) is 15.8. The molecule has 7 rings (SSSR count). The number of rotatable bonds is 8. The number of esters is 1. The Balaban J connectivity index is 1.34. The lowest BCUT2D eigenvalue weighted by Crippen LogP contribution is -2.76. The molecule has 5 aliphatic carbocycles. The van der Waals surface area contributed by atoms with Crippen LogP contribution < -0.4 is 0 Å². The SMILES string of the molecule is CCN1C[C@]2(COC)CC[C@H](OC)[C@@]34C5C[C@H]6C(OC(=O)/C=C/c7ccccc7)C5[C@](O)(C[C@@H]6OC)[C@@H]([C@H](O)[C@H]23)[C@@H]14. The predicted octanol–water partition coefficient (Wildman–Crippen LogP) is 2.77. The molecule has 5 saturated carbocycles. The van der Waals surface area contributed by atoms with Gasteiger partial charge in [-0.3, -0.25) is 4.90 Å². The van der Waals surface area contributed by atoms with Crippen molar-refractivity contribution < 1.29 is 34.0 Å². The summed E-state index contributed by atoms with van der Waals surface area (Å²) in [6.07, 6.45) is 4.78. The third-order valence-corrected chi connectivity index (χ3v) is 12.6. The molecule has 6 fully saturated rings. The molecule has 0 amide bonds. The lowest BCUT2D eigenvalue weighted by Gasteiger charge is -2.69. The van der Waals surface area contributed by atoms with Gasteiger partial charge in [-0.1, -0.05) is 37.3 Å². The second-order valence-electron chi connectivity index (χ2n) is 13.7. The molecule has 8 heteroatoms. The quantitative estimate of drug-likeness (QED) is 0.366. The summed E-state index contributed by atoms with van der Waals surface area (Å²) >= 11 is 0. The highest BCUT2D eigenvalue weighted by molar-refractivity contribution is 5.87. The van der Waals surface area contributed by atoms with E-state index in [2.05, 4.69) is 11.8 Å². The molecule has 1 saturated heterocycles. The molecule has 41 heavy (non-hydrogen) atoms. The highest BCUT2D eigenvalue weighted by Crippen LogP contribution is 2.79. The van der Waals surface area contributed by atoms with Gasteiger partial charge >= 0.3 is 5.97 Å². The number of carbonyl (C=O) groups is 1. The minimum atomic E-state index is -1.23. The van der Waals surface area contributed by atoms with Crippen molar-refractivity contribution in [2.45, 2.75) is 68.7 Å². The Morgan fingerprint density at radius 3 is 2.61 bits per heavy atom. The topological polar surface area (TPSA) is 97.7 Å². The average Bonchev–Trinajstić information content (AvgIpc) is 3.39. The van der Waals surface area contributed by atoms with Gasteiger partial charge in [0.1, 0.15) is 6.10 Å². The Labute approximate surface area is 243 Å². The van der Waals surface area contributed by atoms with Crippen LogP contribution in [-0.4, -0.2) is 98.2 Å². The third kappa shape index (κ3) is 3.52. The fourth-order valence-corrected chi connectivity index (χ4v) is 11.8. The zero-order valence-electron chi connectivity index (χ0n) is 24.6. The molecule has 6 aliphatic rings. The monoisotopic (exact) mass is 567 g/mol. The number of aliphatic hydroxyl groups excluding tert-OH is 1. The van der Waals surface area contributed by atoms with E-state index in [-0.39, 0.29) is 58.7 Å². The van der Waals surface area contributed by atoms with Crippen LogP contribution in [0.4, 0.5) is 0 Å². The van der Waals surface area contributed by atoms with E-state index < -0.39 is 23.8 Å². The van der Waals surface area contributed by atoms with Gasteiger partial charge in [0, 0.05) is 80.9 Å². The molecule has 224 valence electrons. The van der Waals surface area contributed by atoms with Crippen LogP contribution >= 0.6 is 0 Å². The standard InChI is InChI=1S/C33H45NO7/c1-5-34-17-31(18-38-2)14-13-23(40-4)33-21-15-20-22(39-3)16-32(37,26(30(33)34)27(36)29(31)33)25(21)28(20)41-24(35)12-11-19-9-7-6-8-10-19/h6-12,20-23,25-30,36-37H,5,13-18H2,1-4H3/b12-11+/t20-,21?,22+,23+,25?,26+,27+,28?,29-,30-,31+,32-,33+/m1/s1. The molecule has 2 N–H and O–H groups in total. The molecule has 8 nitrogen and oxygen atoms in total. The molecule has 13 atom stereocenters. The number of piperidine rings is 1. The van der Waals surface area contributed by atoms with Crippen LogP contribution in [0.1, 0.15) is 38.2 Å². The second kappa shape index (κ2) is 9.86. The Hall–Kier alpha value is -1.81. The van der Waals surface area contributed by atoms with E-state index in [1.165, 1.54) is 6.08 Å². The van der Waals surface area contributed by atoms with E-state index in [1.807, 2.05) is 30.3 Å². The Morgan fingerprint density at radius 1 is 1.15 bits per heavy atom. The number of methoxy groups -OCH3 is 3. The lowest BCUT2D eigenvalue weighted by molar-refractivity contribution is -0.277. The van der Waals surface area contributed by atoms with Crippen LogP contribution in [0, 0.1) is 40.4 Å². The summed E-state index contributed by atoms with van der Waals surface area (Å²) in [5, 5.41) is 25.3. The van der Waals surface area contributed by atoms with Crippen LogP contribution in [-0.2, 0) is 23.7 Å². The van der Waals surface area contributed by atoms with Gasteiger partial charge in [0.2, 0.25) is 0 Å². The van der Waals surface area contributed by atoms with Crippen molar-refractivity contribution in [1.29, 1.82) is 0 Å². The van der Waals surface area contributed by atoms with Gasteiger partial charge in [-0.25, -0.2) is 4.79 Å². The zero-order valence-corrected chi connectivity index (χ0v) is 24.6. The van der Waals surface area contributed by atoms with Crippen LogP contribution in [0.3, 0.4) is 0 Å². The molecular weight excluding hydrogens is 522 g/mol. The molecule has 0 radical (unpaired) electrons. The van der Waals surface area contributed by atoms with E-state index >= 15 is 0 Å². The van der Waals surface area contributed by atoms with Crippen molar-refractivity contribution in [3.05, 3.63) is 42.0 Å². The van der Waals surface area contributed by atoms with Crippen molar-refractivity contribution in [2.75, 3.05) is 41.0 Å². The first kappa shape index (κ1) is 28.0. The van der Waals surface area contributed by atoms with Crippen molar-refractivity contribution in [3.63, 3.8) is 0 Å². The second-order valence-corrected chi connectivity index (χ2v) is 13.7. The van der Waals surface area contributed by atoms with E-state index in [1.54, 1.807) is 27.4 Å². The maximum atomic E-state index is 13.3. The highest BCUT2D eigenvalue weighted by Gasteiger charge is 2.86. The van der Waals surface area contributed by atoms with Gasteiger partial charge in [0.25, 0.3) is 0 Å². The minimum Gasteiger partial charge on any atom is -0.458 e. The number of ether oxygens (including phenoxy) is 4. The molecule has 1 heterocycles. The summed E-state index contributed by atoms with van der Waals surface area (Å²) in [7, 11) is 5.26. The molecule has 1 aromatic rings. The van der Waals surface area contributed by atoms with Gasteiger partial charge in [0.05, 0.1) is 30.5 Å². The molecule has 1 aliphatic heterocycles. The summed E-state index contributed by atoms with van der Waals surface area (Å²) in [6.45, 7) is 4.44. The number of benzene rings is 1. The largest absolute Gasteiger partial charge is 0.458 e. The molecule has 7 bridgehead atoms. The fourth-order valence-electron chi connectivity index (χ4n) is 11.8. The van der Waals surface area contributed by atoms with E-state index in [4.69, 9.17) is 18.9 Å². The summed E-state index contributed by atoms with van der Waals surface area (Å²) in [5.74, 6) is -1.14. The van der Waals surface area contributed by atoms with Gasteiger partial charge in [0.15, 0.2) is 0 Å². The molecule has 0 aromatic heterocycles. The predicted molar refractivity (Wildman–Crippen MR) is 152 cm³/mol. The van der Waals surface area contributed by atoms with Gasteiger partial charge in [-0.05, 0) is 43.4 Å². The lowest BCUT2D eigenvalue weighted by atomic mass is 9.43. The number of carbonyl (C=O) groups excluding carboxylic acids is 1. The Morgan fingerprint density at radius 2 is 1.93 bits per heavy atom. The molecule has 3 unspecified atom stereocenters. The van der Waals surface area contributed by atoms with E-state index in [0.717, 1.165) is 37.9 Å². The maximum Gasteiger partial charge on any atom is 0.331 e. The fraction of sp³-hybridized carbons (Fsp3) is 0.727. The number of hydrogen-bond donors (Lipinski definition) is 2. The van der Waals surface area contributed by atoms with Gasteiger partial charge < -0.3 is 29.2 Å². The molecule has 1 aromatic carbocycles. The maximum absolute atomic E-state index is 13.3. The first-order valence-corrected chi connectivity index (χ1v) is 15.4. The minimum absolute atomic E-state index is 0.0161. The van der Waals surface area contributed by atoms with E-state index in [9.17, 15) is 15.0 Å². The highest BCUT2D eigenvalue weighted by atomic mass is 16.5. The van der Waals surface area contributed by atoms with Crippen LogP contribution in [0.2, 0.25) is 0 Å². The number of hydrogen-bond acceptors (Lipinski definition) is 8. The smallest absolute Gasteiger partial charge is 0.331 e. The zero-order chi connectivity index (χ0) is 28.7. The first-order valence-electron chi connectivity index (χ1n) is 15.4.